The molecule has 0 heterocycles. The van der Waals surface area contributed by atoms with Crippen LogP contribution in [0.5, 0.6) is 0 Å². The Kier molecular flexibility index (Phi) is 33.7. The highest BCUT2D eigenvalue weighted by molar-refractivity contribution is 5.72. The number of rotatable bonds is 30. The van der Waals surface area contributed by atoms with Gasteiger partial charge in [0.05, 0.1) is 0 Å². The lowest BCUT2D eigenvalue weighted by molar-refractivity contribution is -0.511. The van der Waals surface area contributed by atoms with Crippen LogP contribution in [-0.2, 0) is 9.59 Å². The van der Waals surface area contributed by atoms with E-state index in [1.54, 1.807) is 0 Å². The molecule has 0 fully saturated rings. The average molecular weight is 651 g/mol. The van der Waals surface area contributed by atoms with Crippen molar-refractivity contribution in [3.63, 3.8) is 0 Å². The molecule has 0 rings (SSSR count). The molecule has 0 aromatic heterocycles. The zero-order valence-electron chi connectivity index (χ0n) is 28.6. The van der Waals surface area contributed by atoms with Gasteiger partial charge in [-0.05, 0) is 77.0 Å². The van der Waals surface area contributed by atoms with E-state index in [1.807, 2.05) is 0 Å². The summed E-state index contributed by atoms with van der Waals surface area (Å²) in [6.07, 6.45) is 38.8. The summed E-state index contributed by atoms with van der Waals surface area (Å²) >= 11 is 0. The van der Waals surface area contributed by atoms with Crippen LogP contribution in [0.15, 0.2) is 48.6 Å². The predicted molar refractivity (Wildman–Crippen MR) is 186 cm³/mol. The number of hydrogen-bond acceptors (Lipinski definition) is 6. The Hall–Kier alpha value is -3.30. The van der Waals surface area contributed by atoms with Crippen LogP contribution in [0.2, 0.25) is 0 Å². The van der Waals surface area contributed by atoms with Crippen molar-refractivity contribution in [1.82, 2.24) is 0 Å². The molecule has 0 aliphatic heterocycles. The minimum atomic E-state index is -1.45. The Morgan fingerprint density at radius 1 is 0.500 bits per heavy atom. The Bertz CT molecular complexity index is 798. The minimum Gasteiger partial charge on any atom is -0.476 e. The molecule has 2 atom stereocenters. The maximum Gasteiger partial charge on any atom is 0.379 e. The van der Waals surface area contributed by atoms with Crippen LogP contribution in [0, 0.1) is 20.2 Å². The minimum absolute atomic E-state index is 0.126. The third-order valence-electron chi connectivity index (χ3n) is 7.44. The van der Waals surface area contributed by atoms with Gasteiger partial charge < -0.3 is 10.2 Å². The third kappa shape index (κ3) is 32.1. The lowest BCUT2D eigenvalue weighted by Crippen LogP contribution is -2.28. The lowest BCUT2D eigenvalue weighted by Gasteiger charge is -2.04. The zero-order valence-corrected chi connectivity index (χ0v) is 28.6. The smallest absolute Gasteiger partial charge is 0.379 e. The number of aliphatic carboxylic acids is 2. The molecule has 0 bridgehead atoms. The SMILES string of the molecule is CCCCC/C=C\C/C=C\CCCCCCC(C(=O)O)[N+](=O)[O-].CCCCCC=CCC=CCCCCCCC(C(=O)O)[N+](=O)[O-]. The van der Waals surface area contributed by atoms with Crippen molar-refractivity contribution in [3.05, 3.63) is 68.8 Å². The summed E-state index contributed by atoms with van der Waals surface area (Å²) in [5.74, 6) is -2.67. The van der Waals surface area contributed by atoms with E-state index in [0.29, 0.717) is 12.8 Å². The first-order valence-corrected chi connectivity index (χ1v) is 17.5. The summed E-state index contributed by atoms with van der Waals surface area (Å²) in [5.41, 5.74) is 0. The zero-order chi connectivity index (χ0) is 34.7. The van der Waals surface area contributed by atoms with Crippen LogP contribution < -0.4 is 0 Å². The van der Waals surface area contributed by atoms with E-state index < -0.39 is 33.9 Å². The molecule has 0 aliphatic rings. The number of carboxylic acid groups (broad SMARTS) is 2. The van der Waals surface area contributed by atoms with Crippen molar-refractivity contribution in [2.75, 3.05) is 0 Å². The third-order valence-corrected chi connectivity index (χ3v) is 7.44. The van der Waals surface area contributed by atoms with Gasteiger partial charge in [0.1, 0.15) is 0 Å². The molecular formula is C36H62N2O8. The van der Waals surface area contributed by atoms with Crippen molar-refractivity contribution >= 4 is 11.9 Å². The Morgan fingerprint density at radius 3 is 1.04 bits per heavy atom. The van der Waals surface area contributed by atoms with Crippen LogP contribution in [0.3, 0.4) is 0 Å². The van der Waals surface area contributed by atoms with E-state index in [0.717, 1.165) is 64.2 Å². The second kappa shape index (κ2) is 34.6. The molecule has 264 valence electrons. The molecule has 0 spiro atoms. The van der Waals surface area contributed by atoms with Crippen molar-refractivity contribution in [1.29, 1.82) is 0 Å². The van der Waals surface area contributed by atoms with Crippen LogP contribution >= 0.6 is 0 Å². The molecule has 0 radical (unpaired) electrons. The standard InChI is InChI=1S/2C18H31NO4/c2*1-2-3-4-5-6-7-8-9-10-11-12-13-14-15-16-17(18(20)21)19(22)23/h2*6-7,9-10,17H,2-5,8,11-16H2,1H3,(H,20,21)/b7-6-,10-9-;. The first-order chi connectivity index (χ1) is 22.2. The number of carbonyl (C=O) groups is 2. The molecule has 0 saturated carbocycles. The van der Waals surface area contributed by atoms with E-state index in [1.165, 1.54) is 51.4 Å². The van der Waals surface area contributed by atoms with E-state index >= 15 is 0 Å². The molecule has 46 heavy (non-hydrogen) atoms. The van der Waals surface area contributed by atoms with Gasteiger partial charge in [0.2, 0.25) is 0 Å². The molecule has 0 amide bonds. The normalized spacial score (nSPS) is 12.9. The molecule has 2 unspecified atom stereocenters. The predicted octanol–water partition coefficient (Wildman–Crippen LogP) is 10.3. The van der Waals surface area contributed by atoms with Crippen LogP contribution in [0.25, 0.3) is 0 Å². The Morgan fingerprint density at radius 2 is 0.783 bits per heavy atom. The summed E-state index contributed by atoms with van der Waals surface area (Å²) in [4.78, 5) is 40.9. The van der Waals surface area contributed by atoms with Crippen molar-refractivity contribution in [3.8, 4) is 0 Å². The molecule has 2 N–H and O–H groups in total. The summed E-state index contributed by atoms with van der Waals surface area (Å²) < 4.78 is 0. The molecule has 0 saturated heterocycles. The van der Waals surface area contributed by atoms with Gasteiger partial charge in [-0.15, -0.1) is 0 Å². The fraction of sp³-hybridized carbons (Fsp3) is 0.722. The second-order valence-corrected chi connectivity index (χ2v) is 11.6. The fourth-order valence-corrected chi connectivity index (χ4v) is 4.58. The second-order valence-electron chi connectivity index (χ2n) is 11.6. The van der Waals surface area contributed by atoms with E-state index in [-0.39, 0.29) is 12.8 Å². The molecule has 0 aromatic carbocycles. The van der Waals surface area contributed by atoms with Crippen molar-refractivity contribution in [2.24, 2.45) is 0 Å². The van der Waals surface area contributed by atoms with Crippen molar-refractivity contribution < 1.29 is 29.6 Å². The Labute approximate surface area is 277 Å². The Balaban J connectivity index is 0. The van der Waals surface area contributed by atoms with Gasteiger partial charge in [-0.25, -0.2) is 9.59 Å². The van der Waals surface area contributed by atoms with Gasteiger partial charge in [0.15, 0.2) is 0 Å². The first-order valence-electron chi connectivity index (χ1n) is 17.5. The average Bonchev–Trinajstić information content (AvgIpc) is 3.00. The number of allylic oxidation sites excluding steroid dienone is 8. The fourth-order valence-electron chi connectivity index (χ4n) is 4.58. The van der Waals surface area contributed by atoms with Gasteiger partial charge in [0.25, 0.3) is 0 Å². The van der Waals surface area contributed by atoms with Crippen LogP contribution in [-0.4, -0.2) is 44.1 Å². The van der Waals surface area contributed by atoms with Crippen molar-refractivity contribution in [2.45, 2.75) is 167 Å². The largest absolute Gasteiger partial charge is 0.476 e. The number of unbranched alkanes of at least 4 members (excludes halogenated alkanes) is 14. The molecular weight excluding hydrogens is 588 g/mol. The number of nitrogens with zero attached hydrogens (tertiary/aromatic N) is 2. The molecule has 10 nitrogen and oxygen atoms in total. The van der Waals surface area contributed by atoms with Crippen LogP contribution in [0.4, 0.5) is 0 Å². The lowest BCUT2D eigenvalue weighted by atomic mass is 10.1. The van der Waals surface area contributed by atoms with E-state index in [9.17, 15) is 29.8 Å². The quantitative estimate of drug-likeness (QED) is 0.0336. The summed E-state index contributed by atoms with van der Waals surface area (Å²) in [6, 6.07) is -2.89. The highest BCUT2D eigenvalue weighted by Gasteiger charge is 2.28. The van der Waals surface area contributed by atoms with E-state index in [4.69, 9.17) is 10.2 Å². The highest BCUT2D eigenvalue weighted by Crippen LogP contribution is 2.11. The monoisotopic (exact) mass is 650 g/mol. The maximum absolute atomic E-state index is 10.6. The van der Waals surface area contributed by atoms with Gasteiger partial charge in [0, 0.05) is 22.7 Å². The number of hydrogen-bond donors (Lipinski definition) is 2. The van der Waals surface area contributed by atoms with Gasteiger partial charge in [-0.2, -0.15) is 0 Å². The molecule has 0 aliphatic carbocycles. The summed E-state index contributed by atoms with van der Waals surface area (Å²) in [6.45, 7) is 4.42. The van der Waals surface area contributed by atoms with Gasteiger partial charge in [-0.1, -0.05) is 114 Å². The molecule has 0 aromatic rings. The molecule has 10 heteroatoms. The first kappa shape index (κ1) is 44.8. The summed E-state index contributed by atoms with van der Waals surface area (Å²) in [5, 5.41) is 38.4. The number of nitro groups is 2. The highest BCUT2D eigenvalue weighted by atomic mass is 16.6. The van der Waals surface area contributed by atoms with Crippen LogP contribution in [0.1, 0.15) is 155 Å². The van der Waals surface area contributed by atoms with Gasteiger partial charge in [-0.3, -0.25) is 20.2 Å². The topological polar surface area (TPSA) is 161 Å². The maximum atomic E-state index is 10.6. The van der Waals surface area contributed by atoms with Gasteiger partial charge >= 0.3 is 24.0 Å². The number of carboxylic acids is 2. The summed E-state index contributed by atoms with van der Waals surface area (Å²) in [7, 11) is 0. The van der Waals surface area contributed by atoms with E-state index in [2.05, 4.69) is 62.5 Å².